The van der Waals surface area contributed by atoms with E-state index >= 15 is 0 Å². The van der Waals surface area contributed by atoms with Gasteiger partial charge < -0.3 is 15.5 Å². The molecule has 21 heavy (non-hydrogen) atoms. The lowest BCUT2D eigenvalue weighted by molar-refractivity contribution is -0.384. The van der Waals surface area contributed by atoms with Crippen LogP contribution in [0.5, 0.6) is 0 Å². The van der Waals surface area contributed by atoms with Crippen LogP contribution in [0.4, 0.5) is 20.2 Å². The fraction of sp³-hybridized carbons (Fsp3) is 0.0833. The molecule has 0 bridgehead atoms. The minimum Gasteiger partial charge on any atom is -0.455 e. The number of nitro groups is 1. The third-order valence-corrected chi connectivity index (χ3v) is 2.59. The predicted molar refractivity (Wildman–Crippen MR) is 67.6 cm³/mol. The van der Waals surface area contributed by atoms with Crippen LogP contribution in [-0.4, -0.2) is 10.8 Å². The summed E-state index contributed by atoms with van der Waals surface area (Å²) in [7, 11) is 0. The number of carbonyl (C=O) groups is 1. The lowest BCUT2D eigenvalue weighted by Crippen LogP contribution is -2.14. The van der Waals surface area contributed by atoms with Crippen molar-refractivity contribution in [2.24, 2.45) is 5.73 Å². The van der Waals surface area contributed by atoms with Gasteiger partial charge >= 0.3 is 0 Å². The number of hydrogen-bond donors (Lipinski definition) is 2. The Hall–Kier alpha value is -2.81. The van der Waals surface area contributed by atoms with Crippen molar-refractivity contribution in [1.82, 2.24) is 0 Å². The van der Waals surface area contributed by atoms with Crippen molar-refractivity contribution in [3.63, 3.8) is 0 Å². The molecule has 110 valence electrons. The highest BCUT2D eigenvalue weighted by atomic mass is 19.2. The Kier molecular flexibility index (Phi) is 3.94. The Balaban J connectivity index is 2.36. The van der Waals surface area contributed by atoms with Crippen LogP contribution in [0.15, 0.2) is 28.7 Å². The number of rotatable bonds is 4. The standard InChI is InChI=1S/C12H9F2N3O4/c13-7-2-3-8(17(19)20)11(10(7)14)16-12(18)9-4-1-6(5-15)21-9/h1-4H,5,15H2,(H,16,18). The third kappa shape index (κ3) is 2.87. The smallest absolute Gasteiger partial charge is 0.296 e. The minimum absolute atomic E-state index is 0.0434. The number of anilines is 1. The maximum atomic E-state index is 13.6. The second kappa shape index (κ2) is 5.67. The molecular formula is C12H9F2N3O4. The van der Waals surface area contributed by atoms with E-state index in [0.717, 1.165) is 6.07 Å². The van der Waals surface area contributed by atoms with Crippen molar-refractivity contribution in [1.29, 1.82) is 0 Å². The summed E-state index contributed by atoms with van der Waals surface area (Å²) in [4.78, 5) is 21.7. The zero-order valence-electron chi connectivity index (χ0n) is 10.4. The van der Waals surface area contributed by atoms with Crippen LogP contribution in [0.3, 0.4) is 0 Å². The summed E-state index contributed by atoms with van der Waals surface area (Å²) in [5.74, 6) is -3.73. The third-order valence-electron chi connectivity index (χ3n) is 2.59. The van der Waals surface area contributed by atoms with E-state index in [0.29, 0.717) is 11.8 Å². The quantitative estimate of drug-likeness (QED) is 0.663. The van der Waals surface area contributed by atoms with Crippen molar-refractivity contribution >= 4 is 17.3 Å². The van der Waals surface area contributed by atoms with Gasteiger partial charge in [0.1, 0.15) is 5.76 Å². The van der Waals surface area contributed by atoms with Crippen molar-refractivity contribution in [3.05, 3.63) is 57.5 Å². The number of carbonyl (C=O) groups excluding carboxylic acids is 1. The fourth-order valence-electron chi connectivity index (χ4n) is 1.60. The maximum Gasteiger partial charge on any atom is 0.296 e. The van der Waals surface area contributed by atoms with E-state index in [2.05, 4.69) is 0 Å². The molecule has 3 N–H and O–H groups in total. The average Bonchev–Trinajstić information content (AvgIpc) is 2.92. The Labute approximate surface area is 116 Å². The molecule has 7 nitrogen and oxygen atoms in total. The van der Waals surface area contributed by atoms with E-state index in [1.54, 1.807) is 0 Å². The van der Waals surface area contributed by atoms with Gasteiger partial charge in [-0.05, 0) is 18.2 Å². The van der Waals surface area contributed by atoms with Crippen molar-refractivity contribution in [2.75, 3.05) is 5.32 Å². The number of furan rings is 1. The van der Waals surface area contributed by atoms with Gasteiger partial charge in [-0.25, -0.2) is 8.78 Å². The molecule has 1 heterocycles. The molecule has 0 radical (unpaired) electrons. The number of halogens is 2. The molecule has 0 atom stereocenters. The predicted octanol–water partition coefficient (Wildman–Crippen LogP) is 2.18. The molecule has 1 aromatic heterocycles. The molecule has 0 aliphatic rings. The van der Waals surface area contributed by atoms with Crippen molar-refractivity contribution in [2.45, 2.75) is 6.54 Å². The largest absolute Gasteiger partial charge is 0.455 e. The highest BCUT2D eigenvalue weighted by molar-refractivity contribution is 6.03. The molecule has 1 aromatic carbocycles. The number of amides is 1. The molecule has 0 unspecified atom stereocenters. The highest BCUT2D eigenvalue weighted by Crippen LogP contribution is 2.29. The van der Waals surface area contributed by atoms with E-state index in [-0.39, 0.29) is 12.3 Å². The van der Waals surface area contributed by atoms with Crippen LogP contribution in [0.25, 0.3) is 0 Å². The van der Waals surface area contributed by atoms with E-state index in [4.69, 9.17) is 10.2 Å². The molecule has 2 aromatic rings. The first kappa shape index (κ1) is 14.6. The molecule has 0 saturated heterocycles. The Morgan fingerprint density at radius 3 is 2.62 bits per heavy atom. The van der Waals surface area contributed by atoms with Crippen LogP contribution in [0, 0.1) is 21.7 Å². The van der Waals surface area contributed by atoms with Gasteiger partial charge in [-0.15, -0.1) is 0 Å². The summed E-state index contributed by atoms with van der Waals surface area (Å²) in [5, 5.41) is 12.7. The molecule has 1 amide bonds. The highest BCUT2D eigenvalue weighted by Gasteiger charge is 2.24. The van der Waals surface area contributed by atoms with E-state index in [1.807, 2.05) is 5.32 Å². The zero-order chi connectivity index (χ0) is 15.6. The van der Waals surface area contributed by atoms with Crippen LogP contribution in [0.2, 0.25) is 0 Å². The van der Waals surface area contributed by atoms with Crippen LogP contribution in [0.1, 0.15) is 16.3 Å². The Morgan fingerprint density at radius 1 is 1.33 bits per heavy atom. The van der Waals surface area contributed by atoms with E-state index in [1.165, 1.54) is 12.1 Å². The maximum absolute atomic E-state index is 13.6. The summed E-state index contributed by atoms with van der Waals surface area (Å²) in [6.07, 6.45) is 0. The molecule has 0 aliphatic heterocycles. The van der Waals surface area contributed by atoms with Crippen LogP contribution < -0.4 is 11.1 Å². The monoisotopic (exact) mass is 297 g/mol. The Bertz CT molecular complexity index is 715. The number of nitrogens with one attached hydrogen (secondary N) is 1. The van der Waals surface area contributed by atoms with Gasteiger partial charge in [0.15, 0.2) is 23.1 Å². The summed E-state index contributed by atoms with van der Waals surface area (Å²) in [6.45, 7) is 0.0434. The Morgan fingerprint density at radius 2 is 2.05 bits per heavy atom. The lowest BCUT2D eigenvalue weighted by Gasteiger charge is -2.06. The summed E-state index contributed by atoms with van der Waals surface area (Å²) in [6, 6.07) is 4.04. The normalized spacial score (nSPS) is 10.4. The van der Waals surface area contributed by atoms with Gasteiger partial charge in [-0.3, -0.25) is 14.9 Å². The number of nitrogens with zero attached hydrogens (tertiary/aromatic N) is 1. The molecule has 2 rings (SSSR count). The molecule has 0 fully saturated rings. The SMILES string of the molecule is NCc1ccc(C(=O)Nc2c([N+](=O)[O-])ccc(F)c2F)o1. The molecule has 0 spiro atoms. The fourth-order valence-corrected chi connectivity index (χ4v) is 1.60. The van der Waals surface area contributed by atoms with E-state index < -0.39 is 33.8 Å². The van der Waals surface area contributed by atoms with Gasteiger partial charge in [0.05, 0.1) is 11.5 Å². The summed E-state index contributed by atoms with van der Waals surface area (Å²) < 4.78 is 31.8. The average molecular weight is 297 g/mol. The van der Waals surface area contributed by atoms with E-state index in [9.17, 15) is 23.7 Å². The number of hydrogen-bond acceptors (Lipinski definition) is 5. The molecule has 9 heteroatoms. The first-order valence-corrected chi connectivity index (χ1v) is 5.66. The summed E-state index contributed by atoms with van der Waals surface area (Å²) >= 11 is 0. The summed E-state index contributed by atoms with van der Waals surface area (Å²) in [5.41, 5.74) is 3.66. The van der Waals surface area contributed by atoms with Gasteiger partial charge in [0.2, 0.25) is 0 Å². The molecule has 0 saturated carbocycles. The first-order chi connectivity index (χ1) is 9.93. The topological polar surface area (TPSA) is 111 Å². The first-order valence-electron chi connectivity index (χ1n) is 5.66. The van der Waals surface area contributed by atoms with Gasteiger partial charge in [0.25, 0.3) is 11.6 Å². The van der Waals surface area contributed by atoms with Gasteiger partial charge in [-0.1, -0.05) is 0 Å². The number of nitro benzene ring substituents is 1. The lowest BCUT2D eigenvalue weighted by atomic mass is 10.2. The zero-order valence-corrected chi connectivity index (χ0v) is 10.4. The van der Waals surface area contributed by atoms with Crippen molar-refractivity contribution < 1.29 is 22.9 Å². The molecule has 0 aliphatic carbocycles. The molecular weight excluding hydrogens is 288 g/mol. The van der Waals surface area contributed by atoms with Gasteiger partial charge in [-0.2, -0.15) is 0 Å². The van der Waals surface area contributed by atoms with Crippen LogP contribution in [-0.2, 0) is 6.54 Å². The van der Waals surface area contributed by atoms with Crippen LogP contribution >= 0.6 is 0 Å². The van der Waals surface area contributed by atoms with Crippen molar-refractivity contribution in [3.8, 4) is 0 Å². The number of nitrogens with two attached hydrogens (primary N) is 1. The number of benzene rings is 1. The minimum atomic E-state index is -1.52. The van der Waals surface area contributed by atoms with Gasteiger partial charge in [0, 0.05) is 6.07 Å². The second-order valence-corrected chi connectivity index (χ2v) is 3.94. The second-order valence-electron chi connectivity index (χ2n) is 3.94.